The van der Waals surface area contributed by atoms with Gasteiger partial charge in [0.05, 0.1) is 6.20 Å². The van der Waals surface area contributed by atoms with Crippen molar-refractivity contribution < 1.29 is 0 Å². The highest BCUT2D eigenvalue weighted by atomic mass is 32.1. The fraction of sp³-hybridized carbons (Fsp3) is 0.500. The van der Waals surface area contributed by atoms with Crippen LogP contribution >= 0.6 is 12.8 Å². The van der Waals surface area contributed by atoms with Crippen molar-refractivity contribution >= 4 is 23.8 Å². The van der Waals surface area contributed by atoms with E-state index in [1.165, 1.54) is 30.2 Å². The van der Waals surface area contributed by atoms with Crippen LogP contribution in [0.4, 0.5) is 0 Å². The second-order valence-corrected chi connectivity index (χ2v) is 8.85. The lowest BCUT2D eigenvalue weighted by atomic mass is 9.83. The maximum Gasteiger partial charge on any atom is 0.150 e. The topological polar surface area (TPSA) is 35.6 Å². The maximum atomic E-state index is 4.77. The summed E-state index contributed by atoms with van der Waals surface area (Å²) in [6, 6.07) is 2.36. The molecule has 3 heterocycles. The molecule has 25 heavy (non-hydrogen) atoms. The molecule has 0 aromatic carbocycles. The molecule has 3 atom stereocenters. The SMILES string of the molecule is Cn1cc(-c2cn(S)c3ncc([C@H]4CCCC5[C@@H]4C5(C)C)cc23)cn1. The minimum absolute atomic E-state index is 0.498. The highest BCUT2D eigenvalue weighted by Gasteiger charge is 2.61. The highest BCUT2D eigenvalue weighted by Crippen LogP contribution is 2.69. The van der Waals surface area contributed by atoms with E-state index in [9.17, 15) is 0 Å². The van der Waals surface area contributed by atoms with Gasteiger partial charge in [0, 0.05) is 42.2 Å². The van der Waals surface area contributed by atoms with Gasteiger partial charge in [0.2, 0.25) is 0 Å². The molecule has 2 saturated carbocycles. The Morgan fingerprint density at radius 1 is 1.20 bits per heavy atom. The Balaban J connectivity index is 1.62. The van der Waals surface area contributed by atoms with Crippen LogP contribution in [0.25, 0.3) is 22.2 Å². The zero-order valence-electron chi connectivity index (χ0n) is 15.0. The first-order valence-electron chi connectivity index (χ1n) is 9.16. The van der Waals surface area contributed by atoms with E-state index in [1.54, 1.807) is 0 Å². The number of hydrogen-bond donors (Lipinski definition) is 1. The summed E-state index contributed by atoms with van der Waals surface area (Å²) in [5.41, 5.74) is 5.10. The quantitative estimate of drug-likeness (QED) is 0.680. The first kappa shape index (κ1) is 15.5. The Bertz CT molecular complexity index is 967. The van der Waals surface area contributed by atoms with Gasteiger partial charge in [-0.05, 0) is 47.6 Å². The average molecular weight is 353 g/mol. The van der Waals surface area contributed by atoms with E-state index in [2.05, 4.69) is 50.2 Å². The van der Waals surface area contributed by atoms with Gasteiger partial charge < -0.3 is 0 Å². The molecule has 3 aromatic heterocycles. The number of fused-ring (bicyclic) bond motifs is 2. The van der Waals surface area contributed by atoms with Crippen LogP contribution < -0.4 is 0 Å². The second kappa shape index (κ2) is 5.13. The van der Waals surface area contributed by atoms with Crippen molar-refractivity contribution in [1.29, 1.82) is 0 Å². The van der Waals surface area contributed by atoms with Crippen molar-refractivity contribution in [2.45, 2.75) is 39.0 Å². The van der Waals surface area contributed by atoms with Crippen molar-refractivity contribution in [2.75, 3.05) is 0 Å². The van der Waals surface area contributed by atoms with E-state index < -0.39 is 0 Å². The van der Waals surface area contributed by atoms with Gasteiger partial charge in [-0.15, -0.1) is 0 Å². The molecule has 2 aliphatic rings. The lowest BCUT2D eigenvalue weighted by Crippen LogP contribution is -2.09. The van der Waals surface area contributed by atoms with Crippen LogP contribution in [0.15, 0.2) is 30.9 Å². The molecule has 1 unspecified atom stereocenters. The number of rotatable bonds is 2. The molecule has 0 aliphatic heterocycles. The molecular formula is C20H24N4S. The van der Waals surface area contributed by atoms with Crippen LogP contribution in [-0.2, 0) is 7.05 Å². The molecule has 4 nitrogen and oxygen atoms in total. The Hall–Kier alpha value is -1.75. The van der Waals surface area contributed by atoms with Crippen LogP contribution in [0, 0.1) is 17.3 Å². The molecular weight excluding hydrogens is 328 g/mol. The standard InChI is InChI=1S/C20H24N4S/c1-20(2)17-6-4-5-14(18(17)20)12-7-15-16(13-9-22-23(3)10-13)11-24(25)19(15)21-8-12/h7-11,14,17-18,25H,4-6H2,1-3H3/t14-,17?,18-/m1/s1. The monoisotopic (exact) mass is 352 g/mol. The van der Waals surface area contributed by atoms with Crippen molar-refractivity contribution in [3.63, 3.8) is 0 Å². The first-order chi connectivity index (χ1) is 12.0. The molecule has 130 valence electrons. The fourth-order valence-electron chi connectivity index (χ4n) is 5.35. The molecule has 5 rings (SSSR count). The van der Waals surface area contributed by atoms with E-state index in [0.717, 1.165) is 28.6 Å². The van der Waals surface area contributed by atoms with Crippen LogP contribution in [-0.4, -0.2) is 18.7 Å². The zero-order chi connectivity index (χ0) is 17.3. The highest BCUT2D eigenvalue weighted by molar-refractivity contribution is 7.78. The van der Waals surface area contributed by atoms with Gasteiger partial charge in [0.25, 0.3) is 0 Å². The van der Waals surface area contributed by atoms with Gasteiger partial charge in [-0.2, -0.15) is 5.10 Å². The molecule has 0 bridgehead atoms. The molecule has 3 aromatic rings. The van der Waals surface area contributed by atoms with Gasteiger partial charge in [-0.1, -0.05) is 33.1 Å². The normalized spacial score (nSPS) is 27.4. The largest absolute Gasteiger partial charge is 0.277 e. The molecule has 0 saturated heterocycles. The number of aromatic nitrogens is 4. The van der Waals surface area contributed by atoms with Crippen molar-refractivity contribution in [3.05, 3.63) is 36.4 Å². The third-order valence-corrected chi connectivity index (χ3v) is 7.00. The predicted octanol–water partition coefficient (Wildman–Crippen LogP) is 4.67. The van der Waals surface area contributed by atoms with Gasteiger partial charge in [0.15, 0.2) is 0 Å². The fourth-order valence-corrected chi connectivity index (χ4v) is 5.62. The minimum Gasteiger partial charge on any atom is -0.277 e. The Morgan fingerprint density at radius 2 is 2.04 bits per heavy atom. The molecule has 0 amide bonds. The minimum atomic E-state index is 0.498. The second-order valence-electron chi connectivity index (χ2n) is 8.42. The zero-order valence-corrected chi connectivity index (χ0v) is 15.9. The maximum absolute atomic E-state index is 4.77. The summed E-state index contributed by atoms with van der Waals surface area (Å²) < 4.78 is 3.67. The van der Waals surface area contributed by atoms with Crippen molar-refractivity contribution in [1.82, 2.24) is 18.7 Å². The van der Waals surface area contributed by atoms with Crippen LogP contribution in [0.5, 0.6) is 0 Å². The van der Waals surface area contributed by atoms with E-state index in [4.69, 9.17) is 4.98 Å². The Kier molecular flexibility index (Phi) is 3.18. The van der Waals surface area contributed by atoms with Crippen LogP contribution in [0.2, 0.25) is 0 Å². The van der Waals surface area contributed by atoms with Gasteiger partial charge in [-0.25, -0.2) is 4.98 Å². The van der Waals surface area contributed by atoms with Gasteiger partial charge >= 0.3 is 0 Å². The first-order valence-corrected chi connectivity index (χ1v) is 9.56. The summed E-state index contributed by atoms with van der Waals surface area (Å²) in [4.78, 5) is 4.77. The number of pyridine rings is 1. The summed E-state index contributed by atoms with van der Waals surface area (Å²) in [5.74, 6) is 2.37. The summed E-state index contributed by atoms with van der Waals surface area (Å²) in [6.07, 6.45) is 12.1. The van der Waals surface area contributed by atoms with E-state index in [-0.39, 0.29) is 0 Å². The average Bonchev–Trinajstić information content (AvgIpc) is 2.92. The summed E-state index contributed by atoms with van der Waals surface area (Å²) in [7, 11) is 1.95. The molecule has 2 fully saturated rings. The number of aryl methyl sites for hydroxylation is 1. The number of hydrogen-bond acceptors (Lipinski definition) is 3. The van der Waals surface area contributed by atoms with Crippen LogP contribution in [0.1, 0.15) is 44.6 Å². The lowest BCUT2D eigenvalue weighted by Gasteiger charge is -2.22. The molecule has 0 radical (unpaired) electrons. The number of thiol groups is 1. The Morgan fingerprint density at radius 3 is 2.80 bits per heavy atom. The molecule has 5 heteroatoms. The predicted molar refractivity (Wildman–Crippen MR) is 104 cm³/mol. The summed E-state index contributed by atoms with van der Waals surface area (Å²) in [5, 5.41) is 5.50. The van der Waals surface area contributed by atoms with E-state index in [0.29, 0.717) is 11.3 Å². The third kappa shape index (κ3) is 2.21. The van der Waals surface area contributed by atoms with Gasteiger partial charge in [-0.3, -0.25) is 8.65 Å². The molecule has 0 N–H and O–H groups in total. The Labute approximate surface area is 153 Å². The summed E-state index contributed by atoms with van der Waals surface area (Å²) >= 11 is 4.57. The smallest absolute Gasteiger partial charge is 0.150 e. The third-order valence-electron chi connectivity index (χ3n) is 6.69. The molecule has 0 spiro atoms. The molecule has 2 aliphatic carbocycles. The van der Waals surface area contributed by atoms with Crippen LogP contribution in [0.3, 0.4) is 0 Å². The van der Waals surface area contributed by atoms with Gasteiger partial charge in [0.1, 0.15) is 5.65 Å². The van der Waals surface area contributed by atoms with E-state index >= 15 is 0 Å². The van der Waals surface area contributed by atoms with E-state index in [1.807, 2.05) is 28.1 Å². The lowest BCUT2D eigenvalue weighted by molar-refractivity contribution is 0.416. The summed E-state index contributed by atoms with van der Waals surface area (Å²) in [6.45, 7) is 4.88. The van der Waals surface area contributed by atoms with Crippen molar-refractivity contribution in [3.8, 4) is 11.1 Å². The van der Waals surface area contributed by atoms with Crippen molar-refractivity contribution in [2.24, 2.45) is 24.3 Å². The number of nitrogens with zero attached hydrogens (tertiary/aromatic N) is 4.